The predicted molar refractivity (Wildman–Crippen MR) is 64.3 cm³/mol. The number of thioether (sulfide) groups is 1. The van der Waals surface area contributed by atoms with Gasteiger partial charge in [-0.3, -0.25) is 0 Å². The number of aliphatic hydroxyl groups is 1. The molecule has 74 valence electrons. The van der Waals surface area contributed by atoms with E-state index in [9.17, 15) is 5.11 Å². The topological polar surface area (TPSA) is 20.2 Å². The van der Waals surface area contributed by atoms with Gasteiger partial charge < -0.3 is 5.11 Å². The van der Waals surface area contributed by atoms with Crippen molar-refractivity contribution < 1.29 is 5.11 Å². The first kappa shape index (κ1) is 10.0. The highest BCUT2D eigenvalue weighted by molar-refractivity contribution is 7.99. The van der Waals surface area contributed by atoms with E-state index in [1.54, 1.807) is 23.1 Å². The van der Waals surface area contributed by atoms with Crippen LogP contribution >= 0.6 is 23.1 Å². The zero-order valence-corrected chi connectivity index (χ0v) is 9.84. The summed E-state index contributed by atoms with van der Waals surface area (Å²) in [5.74, 6) is 0. The van der Waals surface area contributed by atoms with Gasteiger partial charge in [0, 0.05) is 20.4 Å². The Morgan fingerprint density at radius 1 is 1.43 bits per heavy atom. The van der Waals surface area contributed by atoms with Gasteiger partial charge in [0.05, 0.1) is 6.61 Å². The van der Waals surface area contributed by atoms with Crippen molar-refractivity contribution in [3.8, 4) is 0 Å². The molecule has 3 heteroatoms. The van der Waals surface area contributed by atoms with Gasteiger partial charge in [0.15, 0.2) is 0 Å². The number of benzene rings is 1. The summed E-state index contributed by atoms with van der Waals surface area (Å²) >= 11 is 3.54. The number of hydrogen-bond donors (Lipinski definition) is 1. The first-order valence-corrected chi connectivity index (χ1v) is 6.53. The largest absolute Gasteiger partial charge is 0.392 e. The van der Waals surface area contributed by atoms with Gasteiger partial charge in [-0.25, -0.2) is 0 Å². The summed E-state index contributed by atoms with van der Waals surface area (Å²) in [7, 11) is 0. The summed E-state index contributed by atoms with van der Waals surface area (Å²) in [6, 6.07) is 4.11. The van der Waals surface area contributed by atoms with Crippen LogP contribution in [0.4, 0.5) is 0 Å². The van der Waals surface area contributed by atoms with Crippen LogP contribution in [0.25, 0.3) is 10.1 Å². The van der Waals surface area contributed by atoms with Crippen LogP contribution in [-0.4, -0.2) is 11.4 Å². The Labute approximate surface area is 91.8 Å². The molecule has 1 aromatic carbocycles. The minimum Gasteiger partial charge on any atom is -0.392 e. The highest BCUT2D eigenvalue weighted by Gasteiger charge is 2.08. The van der Waals surface area contributed by atoms with Crippen molar-refractivity contribution in [2.45, 2.75) is 18.4 Å². The second-order valence-corrected chi connectivity index (χ2v) is 4.94. The van der Waals surface area contributed by atoms with Gasteiger partial charge in [0.1, 0.15) is 0 Å². The van der Waals surface area contributed by atoms with Crippen LogP contribution in [0, 0.1) is 6.92 Å². The van der Waals surface area contributed by atoms with Crippen LogP contribution < -0.4 is 0 Å². The maximum absolute atomic E-state index is 9.18. The Balaban J connectivity index is 2.77. The fourth-order valence-electron chi connectivity index (χ4n) is 1.63. The molecule has 0 unspecified atom stereocenters. The Kier molecular flexibility index (Phi) is 2.81. The molecule has 0 aliphatic heterocycles. The molecule has 2 aromatic rings. The van der Waals surface area contributed by atoms with Crippen LogP contribution in [0.1, 0.15) is 11.1 Å². The number of rotatable bonds is 2. The van der Waals surface area contributed by atoms with Crippen LogP contribution in [0.3, 0.4) is 0 Å². The van der Waals surface area contributed by atoms with Crippen molar-refractivity contribution in [2.75, 3.05) is 6.26 Å². The van der Waals surface area contributed by atoms with E-state index in [2.05, 4.69) is 24.6 Å². The van der Waals surface area contributed by atoms with Crippen molar-refractivity contribution >= 4 is 33.2 Å². The average Bonchev–Trinajstić information content (AvgIpc) is 2.62. The molecule has 1 N–H and O–H groups in total. The Hall–Kier alpha value is -0.510. The fourth-order valence-corrected chi connectivity index (χ4v) is 3.57. The maximum atomic E-state index is 9.18. The quantitative estimate of drug-likeness (QED) is 0.789. The summed E-state index contributed by atoms with van der Waals surface area (Å²) in [5.41, 5.74) is 2.25. The molecule has 0 fully saturated rings. The summed E-state index contributed by atoms with van der Waals surface area (Å²) in [6.45, 7) is 2.21. The van der Waals surface area contributed by atoms with Crippen LogP contribution in [-0.2, 0) is 6.61 Å². The number of hydrogen-bond acceptors (Lipinski definition) is 3. The van der Waals surface area contributed by atoms with Gasteiger partial charge in [0.25, 0.3) is 0 Å². The smallest absolute Gasteiger partial charge is 0.0684 e. The molecule has 14 heavy (non-hydrogen) atoms. The van der Waals surface area contributed by atoms with E-state index in [0.29, 0.717) is 0 Å². The van der Waals surface area contributed by atoms with E-state index >= 15 is 0 Å². The van der Waals surface area contributed by atoms with Crippen LogP contribution in [0.15, 0.2) is 22.4 Å². The molecule has 0 saturated carbocycles. The molecule has 0 saturated heterocycles. The Morgan fingerprint density at radius 3 is 2.86 bits per heavy atom. The van der Waals surface area contributed by atoms with Gasteiger partial charge in [-0.2, -0.15) is 0 Å². The molecule has 0 bridgehead atoms. The molecule has 0 radical (unpaired) electrons. The van der Waals surface area contributed by atoms with Gasteiger partial charge in [-0.1, -0.05) is 6.07 Å². The normalized spacial score (nSPS) is 11.1. The first-order valence-electron chi connectivity index (χ1n) is 4.42. The second kappa shape index (κ2) is 3.93. The summed E-state index contributed by atoms with van der Waals surface area (Å²) in [5, 5.41) is 12.7. The van der Waals surface area contributed by atoms with Crippen molar-refractivity contribution in [1.29, 1.82) is 0 Å². The zero-order chi connectivity index (χ0) is 10.1. The zero-order valence-electron chi connectivity index (χ0n) is 8.20. The monoisotopic (exact) mass is 224 g/mol. The van der Waals surface area contributed by atoms with Gasteiger partial charge in [0.2, 0.25) is 0 Å². The van der Waals surface area contributed by atoms with Crippen LogP contribution in [0.5, 0.6) is 0 Å². The standard InChI is InChI=1S/C11H12OS2/c1-7-8(5-12)3-4-9-11(7)10(13-2)6-14-9/h3-4,6,12H,5H2,1-2H3. The lowest BCUT2D eigenvalue weighted by molar-refractivity contribution is 0.281. The maximum Gasteiger partial charge on any atom is 0.0684 e. The number of thiophene rings is 1. The average molecular weight is 224 g/mol. The van der Waals surface area contributed by atoms with Crippen molar-refractivity contribution in [3.63, 3.8) is 0 Å². The SMILES string of the molecule is CSc1csc2ccc(CO)c(C)c12. The van der Waals surface area contributed by atoms with Gasteiger partial charge in [-0.15, -0.1) is 23.1 Å². The predicted octanol–water partition coefficient (Wildman–Crippen LogP) is 3.42. The van der Waals surface area contributed by atoms with Crippen molar-refractivity contribution in [1.82, 2.24) is 0 Å². The third-order valence-corrected chi connectivity index (χ3v) is 4.33. The number of aliphatic hydroxyl groups excluding tert-OH is 1. The molecular weight excluding hydrogens is 212 g/mol. The van der Waals surface area contributed by atoms with Crippen LogP contribution in [0.2, 0.25) is 0 Å². The van der Waals surface area contributed by atoms with Crippen molar-refractivity contribution in [3.05, 3.63) is 28.6 Å². The molecule has 0 aliphatic carbocycles. The third-order valence-electron chi connectivity index (χ3n) is 2.47. The Morgan fingerprint density at radius 2 is 2.21 bits per heavy atom. The lowest BCUT2D eigenvalue weighted by Gasteiger charge is -2.05. The molecule has 2 rings (SSSR count). The molecular formula is C11H12OS2. The lowest BCUT2D eigenvalue weighted by atomic mass is 10.1. The van der Waals surface area contributed by atoms with E-state index in [1.165, 1.54) is 20.5 Å². The summed E-state index contributed by atoms with van der Waals surface area (Å²) < 4.78 is 1.31. The summed E-state index contributed by atoms with van der Waals surface area (Å²) in [4.78, 5) is 1.32. The third kappa shape index (κ3) is 1.45. The molecule has 0 aliphatic rings. The second-order valence-electron chi connectivity index (χ2n) is 3.19. The highest BCUT2D eigenvalue weighted by Crippen LogP contribution is 2.35. The van der Waals surface area contributed by atoms with E-state index in [0.717, 1.165) is 5.56 Å². The molecule has 0 amide bonds. The minimum absolute atomic E-state index is 0.130. The molecule has 0 atom stereocenters. The van der Waals surface area contributed by atoms with E-state index in [-0.39, 0.29) is 6.61 Å². The fraction of sp³-hybridized carbons (Fsp3) is 0.273. The first-order chi connectivity index (χ1) is 6.77. The minimum atomic E-state index is 0.130. The van der Waals surface area contributed by atoms with Gasteiger partial charge >= 0.3 is 0 Å². The highest BCUT2D eigenvalue weighted by atomic mass is 32.2. The van der Waals surface area contributed by atoms with Crippen molar-refractivity contribution in [2.24, 2.45) is 0 Å². The molecule has 1 nitrogen and oxygen atoms in total. The molecule has 0 spiro atoms. The van der Waals surface area contributed by atoms with E-state index < -0.39 is 0 Å². The molecule has 1 aromatic heterocycles. The van der Waals surface area contributed by atoms with Gasteiger partial charge in [-0.05, 0) is 30.4 Å². The Bertz CT molecular complexity index is 460. The van der Waals surface area contributed by atoms with E-state index in [4.69, 9.17) is 0 Å². The van der Waals surface area contributed by atoms with E-state index in [1.807, 2.05) is 6.07 Å². The lowest BCUT2D eigenvalue weighted by Crippen LogP contribution is -1.88. The number of fused-ring (bicyclic) bond motifs is 1. The molecule has 1 heterocycles. The number of aryl methyl sites for hydroxylation is 1. The summed E-state index contributed by atoms with van der Waals surface area (Å²) in [6.07, 6.45) is 2.09.